The number of ketones is 1. The smallest absolute Gasteiger partial charge is 0.293 e. The van der Waals surface area contributed by atoms with Crippen LogP contribution < -0.4 is 5.69 Å². The van der Waals surface area contributed by atoms with Gasteiger partial charge in [0.15, 0.2) is 5.78 Å². The first-order valence-corrected chi connectivity index (χ1v) is 10.7. The van der Waals surface area contributed by atoms with Crippen molar-refractivity contribution in [2.45, 2.75) is 44.1 Å². The van der Waals surface area contributed by atoms with Gasteiger partial charge in [0, 0.05) is 24.0 Å². The highest BCUT2D eigenvalue weighted by molar-refractivity contribution is 8.00. The van der Waals surface area contributed by atoms with Crippen LogP contribution in [0.2, 0.25) is 0 Å². The Morgan fingerprint density at radius 2 is 1.72 bits per heavy atom. The third kappa shape index (κ3) is 3.49. The molecule has 5 nitrogen and oxygen atoms in total. The summed E-state index contributed by atoms with van der Waals surface area (Å²) in [5.41, 5.74) is 3.19. The standard InChI is InChI=1S/C23H23N3O2S/c1-4-25-19-12-10-17(14-20(19)26(5-2)23(25)28)22(27)15(3)29-21-13-11-16-8-6-7-9-18(16)24-21/h6-15H,4-5H2,1-3H3. The number of nitrogens with zero attached hydrogens (tertiary/aromatic N) is 3. The number of rotatable bonds is 6. The second-order valence-electron chi connectivity index (χ2n) is 6.94. The molecule has 0 fully saturated rings. The summed E-state index contributed by atoms with van der Waals surface area (Å²) in [6.45, 7) is 6.98. The Morgan fingerprint density at radius 3 is 2.48 bits per heavy atom. The number of Topliss-reactive ketones (excluding diaryl/α,β-unsaturated/α-hetero) is 1. The molecule has 0 radical (unpaired) electrons. The molecule has 148 valence electrons. The number of imidazole rings is 1. The third-order valence-electron chi connectivity index (χ3n) is 5.18. The summed E-state index contributed by atoms with van der Waals surface area (Å²) in [5, 5.41) is 1.63. The van der Waals surface area contributed by atoms with Gasteiger partial charge in [-0.15, -0.1) is 0 Å². The van der Waals surface area contributed by atoms with Gasteiger partial charge in [0.1, 0.15) is 0 Å². The number of carbonyl (C=O) groups is 1. The third-order valence-corrected chi connectivity index (χ3v) is 6.21. The highest BCUT2D eigenvalue weighted by Crippen LogP contribution is 2.27. The van der Waals surface area contributed by atoms with Crippen LogP contribution in [0.1, 0.15) is 31.1 Å². The maximum Gasteiger partial charge on any atom is 0.329 e. The molecule has 0 bridgehead atoms. The topological polar surface area (TPSA) is 56.9 Å². The summed E-state index contributed by atoms with van der Waals surface area (Å²) in [4.78, 5) is 30.3. The predicted octanol–water partition coefficient (Wildman–Crippen LogP) is 4.75. The van der Waals surface area contributed by atoms with E-state index in [2.05, 4.69) is 4.98 Å². The minimum absolute atomic E-state index is 0.0302. The first kappa shape index (κ1) is 19.5. The van der Waals surface area contributed by atoms with Crippen molar-refractivity contribution >= 4 is 39.5 Å². The van der Waals surface area contributed by atoms with Gasteiger partial charge >= 0.3 is 5.69 Å². The fraction of sp³-hybridized carbons (Fsp3) is 0.261. The van der Waals surface area contributed by atoms with Crippen LogP contribution in [0.5, 0.6) is 0 Å². The molecule has 0 aliphatic rings. The van der Waals surface area contributed by atoms with Gasteiger partial charge in [-0.05, 0) is 51.1 Å². The van der Waals surface area contributed by atoms with Crippen molar-refractivity contribution in [1.82, 2.24) is 14.1 Å². The molecule has 1 atom stereocenters. The minimum atomic E-state index is -0.281. The van der Waals surface area contributed by atoms with Gasteiger partial charge in [-0.2, -0.15) is 0 Å². The normalized spacial score (nSPS) is 12.5. The number of aryl methyl sites for hydroxylation is 2. The van der Waals surface area contributed by atoms with Gasteiger partial charge in [-0.25, -0.2) is 9.78 Å². The van der Waals surface area contributed by atoms with E-state index >= 15 is 0 Å². The van der Waals surface area contributed by atoms with Gasteiger partial charge in [0.2, 0.25) is 0 Å². The van der Waals surface area contributed by atoms with E-state index in [1.807, 2.05) is 75.4 Å². The predicted molar refractivity (Wildman–Crippen MR) is 119 cm³/mol. The van der Waals surface area contributed by atoms with Crippen LogP contribution in [0, 0.1) is 0 Å². The molecule has 29 heavy (non-hydrogen) atoms. The zero-order chi connectivity index (χ0) is 20.5. The Bertz CT molecular complexity index is 1270. The van der Waals surface area contributed by atoms with Crippen molar-refractivity contribution in [2.75, 3.05) is 0 Å². The Morgan fingerprint density at radius 1 is 1.00 bits per heavy atom. The van der Waals surface area contributed by atoms with Crippen molar-refractivity contribution in [3.63, 3.8) is 0 Å². The van der Waals surface area contributed by atoms with Crippen LogP contribution in [0.3, 0.4) is 0 Å². The maximum atomic E-state index is 13.1. The number of fused-ring (bicyclic) bond motifs is 2. The molecule has 0 N–H and O–H groups in total. The molecule has 4 rings (SSSR count). The van der Waals surface area contributed by atoms with E-state index in [-0.39, 0.29) is 16.7 Å². The lowest BCUT2D eigenvalue weighted by atomic mass is 10.1. The number of pyridine rings is 1. The van der Waals surface area contributed by atoms with Crippen LogP contribution in [-0.2, 0) is 13.1 Å². The van der Waals surface area contributed by atoms with Crippen molar-refractivity contribution in [3.05, 3.63) is 70.6 Å². The molecular formula is C23H23N3O2S. The average molecular weight is 406 g/mol. The SMILES string of the molecule is CCn1c(=O)n(CC)c2cc(C(=O)C(C)Sc3ccc4ccccc4n3)ccc21. The molecule has 4 aromatic rings. The Hall–Kier alpha value is -2.86. The first-order valence-electron chi connectivity index (χ1n) is 9.83. The van der Waals surface area contributed by atoms with Crippen LogP contribution >= 0.6 is 11.8 Å². The van der Waals surface area contributed by atoms with Crippen molar-refractivity contribution in [3.8, 4) is 0 Å². The van der Waals surface area contributed by atoms with E-state index in [4.69, 9.17) is 0 Å². The second kappa shape index (κ2) is 7.87. The number of hydrogen-bond acceptors (Lipinski definition) is 4. The van der Waals surface area contributed by atoms with Crippen molar-refractivity contribution < 1.29 is 4.79 Å². The molecular weight excluding hydrogens is 382 g/mol. The highest BCUT2D eigenvalue weighted by atomic mass is 32.2. The van der Waals surface area contributed by atoms with Gasteiger partial charge < -0.3 is 0 Å². The molecule has 2 heterocycles. The largest absolute Gasteiger partial charge is 0.329 e. The number of benzene rings is 2. The average Bonchev–Trinajstić information content (AvgIpc) is 3.02. The number of thioether (sulfide) groups is 1. The fourth-order valence-electron chi connectivity index (χ4n) is 3.67. The molecule has 6 heteroatoms. The molecule has 1 unspecified atom stereocenters. The van der Waals surface area contributed by atoms with Crippen molar-refractivity contribution in [2.24, 2.45) is 0 Å². The van der Waals surface area contributed by atoms with Crippen LogP contribution in [-0.4, -0.2) is 25.2 Å². The Labute approximate surface area is 173 Å². The van der Waals surface area contributed by atoms with Crippen LogP contribution in [0.15, 0.2) is 64.4 Å². The van der Waals surface area contributed by atoms with Crippen LogP contribution in [0.4, 0.5) is 0 Å². The fourth-order valence-corrected chi connectivity index (χ4v) is 4.57. The minimum Gasteiger partial charge on any atom is -0.293 e. The summed E-state index contributed by atoms with van der Waals surface area (Å²) in [7, 11) is 0. The molecule has 0 saturated carbocycles. The lowest BCUT2D eigenvalue weighted by Crippen LogP contribution is -2.23. The van der Waals surface area contributed by atoms with E-state index in [1.54, 1.807) is 9.13 Å². The summed E-state index contributed by atoms with van der Waals surface area (Å²) in [6, 6.07) is 17.5. The van der Waals surface area contributed by atoms with Crippen molar-refractivity contribution in [1.29, 1.82) is 0 Å². The molecule has 2 aromatic carbocycles. The second-order valence-corrected chi connectivity index (χ2v) is 8.30. The number of carbonyl (C=O) groups excluding carboxylic acids is 1. The quantitative estimate of drug-likeness (QED) is 0.343. The van der Waals surface area contributed by atoms with E-state index in [1.165, 1.54) is 11.8 Å². The van der Waals surface area contributed by atoms with Crippen LogP contribution in [0.25, 0.3) is 21.9 Å². The molecule has 2 aromatic heterocycles. The molecule has 0 amide bonds. The number of hydrogen-bond donors (Lipinski definition) is 0. The Kier molecular flexibility index (Phi) is 5.28. The Balaban J connectivity index is 1.64. The number of para-hydroxylation sites is 1. The molecule has 0 aliphatic carbocycles. The van der Waals surface area contributed by atoms with E-state index in [0.717, 1.165) is 27.0 Å². The van der Waals surface area contributed by atoms with Gasteiger partial charge in [0.05, 0.1) is 26.8 Å². The first-order chi connectivity index (χ1) is 14.0. The summed E-state index contributed by atoms with van der Waals surface area (Å²) >= 11 is 1.46. The molecule has 0 aliphatic heterocycles. The lowest BCUT2D eigenvalue weighted by molar-refractivity contribution is 0.0994. The zero-order valence-corrected chi connectivity index (χ0v) is 17.6. The maximum absolute atomic E-state index is 13.1. The van der Waals surface area contributed by atoms with E-state index in [0.29, 0.717) is 18.7 Å². The van der Waals surface area contributed by atoms with Gasteiger partial charge in [-0.1, -0.05) is 36.0 Å². The summed E-state index contributed by atoms with van der Waals surface area (Å²) in [6.07, 6.45) is 0. The van der Waals surface area contributed by atoms with E-state index in [9.17, 15) is 9.59 Å². The molecule has 0 saturated heterocycles. The van der Waals surface area contributed by atoms with Gasteiger partial charge in [-0.3, -0.25) is 13.9 Å². The summed E-state index contributed by atoms with van der Waals surface area (Å²) in [5.74, 6) is 0.0335. The summed E-state index contributed by atoms with van der Waals surface area (Å²) < 4.78 is 3.46. The lowest BCUT2D eigenvalue weighted by Gasteiger charge is -2.11. The zero-order valence-electron chi connectivity index (χ0n) is 16.8. The molecule has 0 spiro atoms. The number of aromatic nitrogens is 3. The van der Waals surface area contributed by atoms with Gasteiger partial charge in [0.25, 0.3) is 0 Å². The monoisotopic (exact) mass is 405 g/mol. The highest BCUT2D eigenvalue weighted by Gasteiger charge is 2.20. The van der Waals surface area contributed by atoms with E-state index < -0.39 is 0 Å².